The van der Waals surface area contributed by atoms with Crippen LogP contribution in [-0.2, 0) is 14.4 Å². The maximum absolute atomic E-state index is 12.2. The number of amides is 1. The molecule has 1 amide bonds. The normalized spacial score (nSPS) is 34.2. The van der Waals surface area contributed by atoms with E-state index in [1.807, 2.05) is 13.8 Å². The predicted molar refractivity (Wildman–Crippen MR) is 61.0 cm³/mol. The summed E-state index contributed by atoms with van der Waals surface area (Å²) in [4.78, 5) is 36.1. The summed E-state index contributed by atoms with van der Waals surface area (Å²) in [6.07, 6.45) is 1.11. The summed E-state index contributed by atoms with van der Waals surface area (Å²) in [5.41, 5.74) is 3.61. The molecule has 0 saturated heterocycles. The van der Waals surface area contributed by atoms with Crippen LogP contribution in [-0.4, -0.2) is 30.6 Å². The number of ketones is 2. The Bertz CT molecular complexity index is 403. The molecule has 2 saturated carbocycles. The summed E-state index contributed by atoms with van der Waals surface area (Å²) in [5, 5.41) is 2.66. The van der Waals surface area contributed by atoms with Gasteiger partial charge in [-0.15, -0.1) is 0 Å². The lowest BCUT2D eigenvalue weighted by Crippen LogP contribution is -2.51. The topological polar surface area (TPSA) is 89.3 Å². The van der Waals surface area contributed by atoms with Gasteiger partial charge in [0.2, 0.25) is 17.5 Å². The SMILES string of the molecule is CC1(C)[C@H]2CC[C@@]1(C(=O)NCCN)C(=O)C2=O. The van der Waals surface area contributed by atoms with Crippen LogP contribution in [0.3, 0.4) is 0 Å². The maximum Gasteiger partial charge on any atom is 0.234 e. The minimum absolute atomic E-state index is 0.293. The van der Waals surface area contributed by atoms with Gasteiger partial charge in [0, 0.05) is 19.0 Å². The van der Waals surface area contributed by atoms with Gasteiger partial charge in [0.1, 0.15) is 5.41 Å². The van der Waals surface area contributed by atoms with E-state index in [0.29, 0.717) is 25.9 Å². The van der Waals surface area contributed by atoms with E-state index in [4.69, 9.17) is 5.73 Å². The highest BCUT2D eigenvalue weighted by atomic mass is 16.2. The van der Waals surface area contributed by atoms with E-state index in [9.17, 15) is 14.4 Å². The number of Topliss-reactive ketones (excluding diaryl/α,β-unsaturated/α-hetero) is 2. The first-order valence-corrected chi connectivity index (χ1v) is 5.96. The van der Waals surface area contributed by atoms with Gasteiger partial charge in [0.25, 0.3) is 0 Å². The molecule has 0 heterocycles. The molecular weight excluding hydrogens is 220 g/mol. The molecule has 0 aromatic heterocycles. The first-order chi connectivity index (χ1) is 7.89. The molecule has 2 rings (SSSR count). The maximum atomic E-state index is 12.2. The van der Waals surface area contributed by atoms with Crippen LogP contribution >= 0.6 is 0 Å². The average molecular weight is 238 g/mol. The molecular formula is C12H18N2O3. The minimum Gasteiger partial charge on any atom is -0.354 e. The Morgan fingerprint density at radius 3 is 2.59 bits per heavy atom. The molecule has 0 unspecified atom stereocenters. The average Bonchev–Trinajstić information content (AvgIpc) is 2.62. The molecule has 0 aromatic carbocycles. The molecule has 0 aliphatic heterocycles. The van der Waals surface area contributed by atoms with E-state index in [2.05, 4.69) is 5.32 Å². The fourth-order valence-corrected chi connectivity index (χ4v) is 3.42. The summed E-state index contributed by atoms with van der Waals surface area (Å²) >= 11 is 0. The van der Waals surface area contributed by atoms with Crippen molar-refractivity contribution in [1.82, 2.24) is 5.32 Å². The fraction of sp³-hybridized carbons (Fsp3) is 0.750. The van der Waals surface area contributed by atoms with Gasteiger partial charge in [-0.25, -0.2) is 0 Å². The van der Waals surface area contributed by atoms with Gasteiger partial charge in [0.15, 0.2) is 0 Å². The summed E-state index contributed by atoms with van der Waals surface area (Å²) in [5.74, 6) is -1.50. The third-order valence-corrected chi connectivity index (χ3v) is 4.52. The molecule has 3 N–H and O–H groups in total. The number of hydrogen-bond acceptors (Lipinski definition) is 4. The number of fused-ring (bicyclic) bond motifs is 2. The lowest BCUT2D eigenvalue weighted by molar-refractivity contribution is -0.149. The quantitative estimate of drug-likeness (QED) is 0.519. The molecule has 2 aliphatic rings. The van der Waals surface area contributed by atoms with Crippen molar-refractivity contribution in [3.8, 4) is 0 Å². The molecule has 0 radical (unpaired) electrons. The Kier molecular flexibility index (Phi) is 2.61. The molecule has 2 aliphatic carbocycles. The van der Waals surface area contributed by atoms with E-state index < -0.39 is 16.6 Å². The molecule has 17 heavy (non-hydrogen) atoms. The molecule has 2 fully saturated rings. The zero-order valence-corrected chi connectivity index (χ0v) is 10.2. The fourth-order valence-electron chi connectivity index (χ4n) is 3.42. The number of nitrogens with two attached hydrogens (primary N) is 1. The van der Waals surface area contributed by atoms with Gasteiger partial charge >= 0.3 is 0 Å². The molecule has 94 valence electrons. The lowest BCUT2D eigenvalue weighted by atomic mass is 9.68. The van der Waals surface area contributed by atoms with Crippen molar-refractivity contribution in [2.45, 2.75) is 26.7 Å². The number of hydrogen-bond donors (Lipinski definition) is 2. The Balaban J connectivity index is 2.38. The van der Waals surface area contributed by atoms with Gasteiger partial charge in [0.05, 0.1) is 0 Å². The number of carbonyl (C=O) groups excluding carboxylic acids is 3. The summed E-state index contributed by atoms with van der Waals surface area (Å²) < 4.78 is 0. The highest BCUT2D eigenvalue weighted by Gasteiger charge is 2.72. The van der Waals surface area contributed by atoms with Crippen molar-refractivity contribution in [1.29, 1.82) is 0 Å². The van der Waals surface area contributed by atoms with Crippen molar-refractivity contribution < 1.29 is 14.4 Å². The van der Waals surface area contributed by atoms with Crippen molar-refractivity contribution in [3.05, 3.63) is 0 Å². The Morgan fingerprint density at radius 2 is 2.12 bits per heavy atom. The number of carbonyl (C=O) groups is 3. The second kappa shape index (κ2) is 3.63. The summed E-state index contributed by atoms with van der Waals surface area (Å²) in [6.45, 7) is 4.35. The van der Waals surface area contributed by atoms with Crippen LogP contribution in [0.1, 0.15) is 26.7 Å². The van der Waals surface area contributed by atoms with Crippen molar-refractivity contribution in [2.24, 2.45) is 22.5 Å². The van der Waals surface area contributed by atoms with Crippen LogP contribution in [0.15, 0.2) is 0 Å². The van der Waals surface area contributed by atoms with Crippen molar-refractivity contribution in [2.75, 3.05) is 13.1 Å². The first kappa shape index (κ1) is 12.2. The summed E-state index contributed by atoms with van der Waals surface area (Å²) in [6, 6.07) is 0. The molecule has 5 nitrogen and oxygen atoms in total. The van der Waals surface area contributed by atoms with E-state index in [1.54, 1.807) is 0 Å². The van der Waals surface area contributed by atoms with Crippen LogP contribution < -0.4 is 11.1 Å². The standard InChI is InChI=1S/C12H18N2O3/c1-11(2)7-3-4-12(11,9(16)8(7)15)10(17)14-6-5-13/h7H,3-6,13H2,1-2H3,(H,14,17)/t7-,12-/m0/s1. The van der Waals surface area contributed by atoms with Crippen molar-refractivity contribution in [3.63, 3.8) is 0 Å². The molecule has 5 heteroatoms. The molecule has 2 atom stereocenters. The monoisotopic (exact) mass is 238 g/mol. The predicted octanol–water partition coefficient (Wildman–Crippen LogP) is -0.364. The van der Waals surface area contributed by atoms with E-state index in [0.717, 1.165) is 0 Å². The molecule has 2 bridgehead atoms. The largest absolute Gasteiger partial charge is 0.354 e. The smallest absolute Gasteiger partial charge is 0.234 e. The van der Waals surface area contributed by atoms with E-state index >= 15 is 0 Å². The van der Waals surface area contributed by atoms with E-state index in [1.165, 1.54) is 0 Å². The zero-order chi connectivity index (χ0) is 12.8. The van der Waals surface area contributed by atoms with Gasteiger partial charge < -0.3 is 11.1 Å². The zero-order valence-electron chi connectivity index (χ0n) is 10.2. The van der Waals surface area contributed by atoms with Gasteiger partial charge in [-0.05, 0) is 18.3 Å². The Hall–Kier alpha value is -1.23. The van der Waals surface area contributed by atoms with Crippen molar-refractivity contribution >= 4 is 17.5 Å². The third kappa shape index (κ3) is 1.26. The van der Waals surface area contributed by atoms with Crippen LogP contribution in [0.4, 0.5) is 0 Å². The third-order valence-electron chi connectivity index (χ3n) is 4.52. The van der Waals surface area contributed by atoms with Gasteiger partial charge in [-0.1, -0.05) is 13.8 Å². The van der Waals surface area contributed by atoms with E-state index in [-0.39, 0.29) is 17.6 Å². The summed E-state index contributed by atoms with van der Waals surface area (Å²) in [7, 11) is 0. The van der Waals surface area contributed by atoms with Crippen LogP contribution in [0, 0.1) is 16.7 Å². The highest BCUT2D eigenvalue weighted by Crippen LogP contribution is 2.62. The molecule has 0 aromatic rings. The minimum atomic E-state index is -1.15. The number of nitrogens with one attached hydrogen (secondary N) is 1. The van der Waals surface area contributed by atoms with Crippen LogP contribution in [0.5, 0.6) is 0 Å². The number of rotatable bonds is 3. The molecule has 0 spiro atoms. The second-order valence-electron chi connectivity index (χ2n) is 5.46. The van der Waals surface area contributed by atoms with Gasteiger partial charge in [-0.3, -0.25) is 14.4 Å². The van der Waals surface area contributed by atoms with Gasteiger partial charge in [-0.2, -0.15) is 0 Å². The van der Waals surface area contributed by atoms with Crippen LogP contribution in [0.25, 0.3) is 0 Å². The second-order valence-corrected chi connectivity index (χ2v) is 5.46. The highest BCUT2D eigenvalue weighted by molar-refractivity contribution is 6.47. The lowest BCUT2D eigenvalue weighted by Gasteiger charge is -2.33. The Morgan fingerprint density at radius 1 is 1.47 bits per heavy atom. The van der Waals surface area contributed by atoms with Crippen LogP contribution in [0.2, 0.25) is 0 Å². The first-order valence-electron chi connectivity index (χ1n) is 5.96. The Labute approximate surface area is 100 Å².